The third-order valence-electron chi connectivity index (χ3n) is 4.09. The second kappa shape index (κ2) is 7.79. The van der Waals surface area contributed by atoms with Gasteiger partial charge in [0.15, 0.2) is 5.43 Å². The lowest BCUT2D eigenvalue weighted by Crippen LogP contribution is -2.20. The van der Waals surface area contributed by atoms with Gasteiger partial charge in [0.05, 0.1) is 15.8 Å². The van der Waals surface area contributed by atoms with Crippen molar-refractivity contribution in [2.24, 2.45) is 5.14 Å². The first kappa shape index (κ1) is 19.5. The highest BCUT2D eigenvalue weighted by atomic mass is 32.2. The predicted octanol–water partition coefficient (Wildman–Crippen LogP) is 2.08. The topological polar surface area (TPSA) is 119 Å². The van der Waals surface area contributed by atoms with E-state index in [1.54, 1.807) is 24.3 Å². The highest BCUT2D eigenvalue weighted by Gasteiger charge is 2.08. The fourth-order valence-electron chi connectivity index (χ4n) is 2.59. The van der Waals surface area contributed by atoms with Gasteiger partial charge in [0.1, 0.15) is 11.8 Å². The standard InChI is InChI=1S/C20H18N2O5S/c1-13-2-8-18-17(10-13)20(24)15(12-27-18)5-9-19(23)22-11-14-3-6-16(7-4-14)28(21,25)26/h2-10,12H,11H2,1H3,(H,22,23)(H2,21,25,26)/b9-5+. The summed E-state index contributed by atoms with van der Waals surface area (Å²) in [6.45, 7) is 2.07. The quantitative estimate of drug-likeness (QED) is 0.638. The van der Waals surface area contributed by atoms with Crippen LogP contribution in [0.4, 0.5) is 0 Å². The lowest BCUT2D eigenvalue weighted by atomic mass is 10.1. The molecule has 0 spiro atoms. The molecule has 0 aliphatic heterocycles. The van der Waals surface area contributed by atoms with Crippen LogP contribution >= 0.6 is 0 Å². The summed E-state index contributed by atoms with van der Waals surface area (Å²) in [5, 5.41) is 8.15. The molecule has 8 heteroatoms. The minimum Gasteiger partial charge on any atom is -0.463 e. The van der Waals surface area contributed by atoms with Crippen molar-refractivity contribution in [3.05, 3.63) is 81.7 Å². The average Bonchev–Trinajstić information content (AvgIpc) is 2.66. The molecule has 0 fully saturated rings. The monoisotopic (exact) mass is 398 g/mol. The number of nitrogens with one attached hydrogen (secondary N) is 1. The van der Waals surface area contributed by atoms with Crippen LogP contribution in [0.3, 0.4) is 0 Å². The van der Waals surface area contributed by atoms with Gasteiger partial charge in [-0.05, 0) is 42.8 Å². The lowest BCUT2D eigenvalue weighted by molar-refractivity contribution is -0.116. The highest BCUT2D eigenvalue weighted by Crippen LogP contribution is 2.14. The Morgan fingerprint density at radius 1 is 1.18 bits per heavy atom. The first-order valence-corrected chi connectivity index (χ1v) is 9.88. The predicted molar refractivity (Wildman–Crippen MR) is 106 cm³/mol. The molecule has 3 rings (SSSR count). The third kappa shape index (κ3) is 4.54. The van der Waals surface area contributed by atoms with Crippen molar-refractivity contribution in [3.63, 3.8) is 0 Å². The normalized spacial score (nSPS) is 11.8. The van der Waals surface area contributed by atoms with Crippen LogP contribution in [0.5, 0.6) is 0 Å². The Morgan fingerprint density at radius 3 is 2.57 bits per heavy atom. The summed E-state index contributed by atoms with van der Waals surface area (Å²) in [6.07, 6.45) is 3.95. The summed E-state index contributed by atoms with van der Waals surface area (Å²) < 4.78 is 27.9. The molecule has 0 atom stereocenters. The smallest absolute Gasteiger partial charge is 0.244 e. The van der Waals surface area contributed by atoms with Crippen LogP contribution in [0.15, 0.2) is 68.9 Å². The number of fused-ring (bicyclic) bond motifs is 1. The van der Waals surface area contributed by atoms with E-state index in [-0.39, 0.29) is 22.4 Å². The zero-order valence-corrected chi connectivity index (χ0v) is 15.8. The zero-order chi connectivity index (χ0) is 20.3. The van der Waals surface area contributed by atoms with Gasteiger partial charge in [-0.15, -0.1) is 0 Å². The van der Waals surface area contributed by atoms with Crippen molar-refractivity contribution < 1.29 is 17.6 Å². The van der Waals surface area contributed by atoms with E-state index in [2.05, 4.69) is 5.32 Å². The molecular weight excluding hydrogens is 380 g/mol. The van der Waals surface area contributed by atoms with Gasteiger partial charge in [0.25, 0.3) is 0 Å². The van der Waals surface area contributed by atoms with E-state index in [9.17, 15) is 18.0 Å². The van der Waals surface area contributed by atoms with Gasteiger partial charge < -0.3 is 9.73 Å². The maximum absolute atomic E-state index is 12.5. The minimum absolute atomic E-state index is 0.000684. The number of amides is 1. The molecule has 28 heavy (non-hydrogen) atoms. The van der Waals surface area contributed by atoms with E-state index >= 15 is 0 Å². The molecule has 0 bridgehead atoms. The Balaban J connectivity index is 1.68. The Labute approximate surface area is 161 Å². The average molecular weight is 398 g/mol. The molecular formula is C20H18N2O5S. The summed E-state index contributed by atoms with van der Waals surface area (Å²) in [6, 6.07) is 11.2. The summed E-state index contributed by atoms with van der Waals surface area (Å²) in [7, 11) is -3.75. The first-order valence-electron chi connectivity index (χ1n) is 8.34. The molecule has 2 aromatic carbocycles. The van der Waals surface area contributed by atoms with Crippen LogP contribution in [0.1, 0.15) is 16.7 Å². The van der Waals surface area contributed by atoms with E-state index in [0.29, 0.717) is 16.5 Å². The van der Waals surface area contributed by atoms with Crippen LogP contribution < -0.4 is 15.9 Å². The van der Waals surface area contributed by atoms with Crippen LogP contribution in [-0.2, 0) is 21.4 Å². The van der Waals surface area contributed by atoms with Crippen molar-refractivity contribution >= 4 is 33.0 Å². The molecule has 0 aliphatic rings. The SMILES string of the molecule is Cc1ccc2occ(/C=C/C(=O)NCc3ccc(S(N)(=O)=O)cc3)c(=O)c2c1. The second-order valence-electron chi connectivity index (χ2n) is 6.26. The zero-order valence-electron chi connectivity index (χ0n) is 15.0. The van der Waals surface area contributed by atoms with Crippen molar-refractivity contribution in [1.82, 2.24) is 5.32 Å². The van der Waals surface area contributed by atoms with Crippen molar-refractivity contribution in [1.29, 1.82) is 0 Å². The first-order chi connectivity index (χ1) is 13.2. The van der Waals surface area contributed by atoms with Crippen LogP contribution in [0.25, 0.3) is 17.0 Å². The molecule has 0 aliphatic carbocycles. The van der Waals surface area contributed by atoms with E-state index < -0.39 is 15.9 Å². The number of carbonyl (C=O) groups is 1. The molecule has 144 valence electrons. The van der Waals surface area contributed by atoms with Gasteiger partial charge in [-0.2, -0.15) is 0 Å². The number of sulfonamides is 1. The number of benzene rings is 2. The maximum Gasteiger partial charge on any atom is 0.244 e. The largest absolute Gasteiger partial charge is 0.463 e. The number of primary sulfonamides is 1. The fraction of sp³-hybridized carbons (Fsp3) is 0.100. The Bertz CT molecular complexity index is 1230. The molecule has 1 aromatic heterocycles. The molecule has 0 saturated heterocycles. The fourth-order valence-corrected chi connectivity index (χ4v) is 3.10. The van der Waals surface area contributed by atoms with E-state index in [4.69, 9.17) is 9.56 Å². The second-order valence-corrected chi connectivity index (χ2v) is 7.82. The maximum atomic E-state index is 12.5. The number of hydrogen-bond donors (Lipinski definition) is 2. The number of carbonyl (C=O) groups excluding carboxylic acids is 1. The minimum atomic E-state index is -3.75. The molecule has 1 heterocycles. The summed E-state index contributed by atoms with van der Waals surface area (Å²) in [5.74, 6) is -0.403. The van der Waals surface area contributed by atoms with E-state index in [1.807, 2.05) is 13.0 Å². The van der Waals surface area contributed by atoms with Crippen molar-refractivity contribution in [2.75, 3.05) is 0 Å². The van der Waals surface area contributed by atoms with Crippen molar-refractivity contribution in [3.8, 4) is 0 Å². The van der Waals surface area contributed by atoms with Crippen LogP contribution in [-0.4, -0.2) is 14.3 Å². The Hall–Kier alpha value is -3.23. The van der Waals surface area contributed by atoms with Gasteiger partial charge in [-0.3, -0.25) is 9.59 Å². The number of rotatable bonds is 5. The molecule has 0 saturated carbocycles. The van der Waals surface area contributed by atoms with Gasteiger partial charge in [0.2, 0.25) is 15.9 Å². The Kier molecular flexibility index (Phi) is 5.43. The van der Waals surface area contributed by atoms with Crippen LogP contribution in [0, 0.1) is 6.92 Å². The van der Waals surface area contributed by atoms with Gasteiger partial charge >= 0.3 is 0 Å². The summed E-state index contributed by atoms with van der Waals surface area (Å²) in [4.78, 5) is 24.5. The number of aryl methyl sites for hydroxylation is 1. The lowest BCUT2D eigenvalue weighted by Gasteiger charge is -2.04. The van der Waals surface area contributed by atoms with Crippen molar-refractivity contribution in [2.45, 2.75) is 18.4 Å². The molecule has 3 N–H and O–H groups in total. The molecule has 1 amide bonds. The van der Waals surface area contributed by atoms with Gasteiger partial charge in [0, 0.05) is 12.6 Å². The van der Waals surface area contributed by atoms with E-state index in [1.165, 1.54) is 30.5 Å². The molecule has 0 radical (unpaired) electrons. The molecule has 0 unspecified atom stereocenters. The summed E-state index contributed by atoms with van der Waals surface area (Å²) >= 11 is 0. The van der Waals surface area contributed by atoms with Gasteiger partial charge in [-0.25, -0.2) is 13.6 Å². The highest BCUT2D eigenvalue weighted by molar-refractivity contribution is 7.89. The number of nitrogens with two attached hydrogens (primary N) is 1. The summed E-state index contributed by atoms with van der Waals surface area (Å²) in [5.41, 5.74) is 2.18. The van der Waals surface area contributed by atoms with Crippen LogP contribution in [0.2, 0.25) is 0 Å². The third-order valence-corrected chi connectivity index (χ3v) is 5.02. The number of hydrogen-bond acceptors (Lipinski definition) is 5. The Morgan fingerprint density at radius 2 is 1.89 bits per heavy atom. The molecule has 7 nitrogen and oxygen atoms in total. The van der Waals surface area contributed by atoms with Gasteiger partial charge in [-0.1, -0.05) is 23.8 Å². The molecule has 3 aromatic rings. The van der Waals surface area contributed by atoms with E-state index in [0.717, 1.165) is 5.56 Å².